The van der Waals surface area contributed by atoms with E-state index in [-0.39, 0.29) is 18.3 Å². The van der Waals surface area contributed by atoms with Gasteiger partial charge in [-0.05, 0) is 26.8 Å². The number of aromatic nitrogens is 1. The lowest BCUT2D eigenvalue weighted by Gasteiger charge is -2.32. The molecule has 1 N–H and O–H groups in total. The number of rotatable bonds is 2. The van der Waals surface area contributed by atoms with Gasteiger partial charge >= 0.3 is 0 Å². The van der Waals surface area contributed by atoms with Gasteiger partial charge < -0.3 is 14.6 Å². The minimum Gasteiger partial charge on any atom is -0.436 e. The Hall–Kier alpha value is -1.07. The number of amides is 1. The van der Waals surface area contributed by atoms with Crippen LogP contribution >= 0.6 is 12.4 Å². The number of hydrogen-bond donors (Lipinski definition) is 1. The van der Waals surface area contributed by atoms with E-state index in [2.05, 4.69) is 10.3 Å². The van der Waals surface area contributed by atoms with Crippen molar-refractivity contribution in [1.82, 2.24) is 15.2 Å². The molecule has 0 saturated carbocycles. The molecule has 0 bridgehead atoms. The predicted octanol–water partition coefficient (Wildman–Crippen LogP) is 1.54. The fourth-order valence-corrected chi connectivity index (χ4v) is 2.27. The Labute approximate surface area is 113 Å². The normalized spacial score (nSPS) is 19.5. The van der Waals surface area contributed by atoms with Gasteiger partial charge in [0.05, 0.1) is 5.69 Å². The van der Waals surface area contributed by atoms with Gasteiger partial charge in [0.2, 0.25) is 5.76 Å². The molecule has 1 amide bonds. The van der Waals surface area contributed by atoms with Crippen LogP contribution in [0.15, 0.2) is 4.42 Å². The SMILES string of the molecule is CNC1CCCN(C(=O)c2oc(C)nc2C)C1.Cl. The third-order valence-electron chi connectivity index (χ3n) is 3.21. The van der Waals surface area contributed by atoms with Gasteiger partial charge in [-0.3, -0.25) is 4.79 Å². The standard InChI is InChI=1S/C12H19N3O2.ClH/c1-8-11(17-9(2)14-8)12(16)15-6-4-5-10(7-15)13-3;/h10,13H,4-7H2,1-3H3;1H. The van der Waals surface area contributed by atoms with Crippen LogP contribution in [0.1, 0.15) is 35.0 Å². The summed E-state index contributed by atoms with van der Waals surface area (Å²) in [5.41, 5.74) is 0.680. The van der Waals surface area contributed by atoms with Crippen molar-refractivity contribution in [3.8, 4) is 0 Å². The summed E-state index contributed by atoms with van der Waals surface area (Å²) in [4.78, 5) is 18.2. The summed E-state index contributed by atoms with van der Waals surface area (Å²) >= 11 is 0. The highest BCUT2D eigenvalue weighted by Crippen LogP contribution is 2.16. The molecule has 1 saturated heterocycles. The van der Waals surface area contributed by atoms with Crippen LogP contribution in [0, 0.1) is 13.8 Å². The molecule has 6 heteroatoms. The van der Waals surface area contributed by atoms with Crippen LogP contribution in [-0.4, -0.2) is 42.0 Å². The molecule has 1 aliphatic rings. The van der Waals surface area contributed by atoms with Crippen LogP contribution in [0.4, 0.5) is 0 Å². The molecule has 2 rings (SSSR count). The van der Waals surface area contributed by atoms with E-state index in [1.165, 1.54) is 0 Å². The second kappa shape index (κ2) is 6.20. The fourth-order valence-electron chi connectivity index (χ4n) is 2.27. The molecular formula is C12H20ClN3O2. The molecule has 1 unspecified atom stereocenters. The van der Waals surface area contributed by atoms with E-state index in [0.29, 0.717) is 23.4 Å². The molecule has 0 spiro atoms. The molecule has 18 heavy (non-hydrogen) atoms. The highest BCUT2D eigenvalue weighted by atomic mass is 35.5. The Morgan fingerprint density at radius 3 is 2.78 bits per heavy atom. The number of nitrogens with one attached hydrogen (secondary N) is 1. The average Bonchev–Trinajstić information content (AvgIpc) is 2.67. The van der Waals surface area contributed by atoms with E-state index < -0.39 is 0 Å². The fraction of sp³-hybridized carbons (Fsp3) is 0.667. The Morgan fingerprint density at radius 2 is 2.22 bits per heavy atom. The van der Waals surface area contributed by atoms with Gasteiger partial charge in [-0.2, -0.15) is 0 Å². The predicted molar refractivity (Wildman–Crippen MR) is 71.2 cm³/mol. The van der Waals surface area contributed by atoms with Crippen LogP contribution in [-0.2, 0) is 0 Å². The van der Waals surface area contributed by atoms with Crippen LogP contribution < -0.4 is 5.32 Å². The molecule has 1 aromatic rings. The first-order chi connectivity index (χ1) is 8.11. The molecule has 102 valence electrons. The van der Waals surface area contributed by atoms with Crippen molar-refractivity contribution in [3.05, 3.63) is 17.3 Å². The van der Waals surface area contributed by atoms with Crippen molar-refractivity contribution in [2.75, 3.05) is 20.1 Å². The van der Waals surface area contributed by atoms with E-state index in [1.54, 1.807) is 6.92 Å². The third-order valence-corrected chi connectivity index (χ3v) is 3.21. The molecule has 0 radical (unpaired) electrons. The zero-order valence-corrected chi connectivity index (χ0v) is 11.8. The monoisotopic (exact) mass is 273 g/mol. The van der Waals surface area contributed by atoms with E-state index in [9.17, 15) is 4.79 Å². The number of likely N-dealkylation sites (N-methyl/N-ethyl adjacent to an activating group) is 1. The lowest BCUT2D eigenvalue weighted by Crippen LogP contribution is -2.47. The second-order valence-corrected chi connectivity index (χ2v) is 4.53. The van der Waals surface area contributed by atoms with Gasteiger partial charge in [-0.15, -0.1) is 12.4 Å². The minimum atomic E-state index is -0.0388. The van der Waals surface area contributed by atoms with Crippen LogP contribution in [0.2, 0.25) is 0 Å². The Bertz CT molecular complexity index is 419. The van der Waals surface area contributed by atoms with Crippen molar-refractivity contribution in [2.24, 2.45) is 0 Å². The van der Waals surface area contributed by atoms with Crippen molar-refractivity contribution >= 4 is 18.3 Å². The van der Waals surface area contributed by atoms with Gasteiger partial charge in [0.15, 0.2) is 5.89 Å². The van der Waals surface area contributed by atoms with Crippen LogP contribution in [0.5, 0.6) is 0 Å². The number of oxazole rings is 1. The van der Waals surface area contributed by atoms with E-state index >= 15 is 0 Å². The van der Waals surface area contributed by atoms with Gasteiger partial charge in [-0.25, -0.2) is 4.98 Å². The van der Waals surface area contributed by atoms with Gasteiger partial charge in [0.1, 0.15) is 0 Å². The highest BCUT2D eigenvalue weighted by Gasteiger charge is 2.27. The summed E-state index contributed by atoms with van der Waals surface area (Å²) in [6.45, 7) is 5.12. The first-order valence-corrected chi connectivity index (χ1v) is 6.02. The molecule has 0 aliphatic carbocycles. The van der Waals surface area contributed by atoms with E-state index in [4.69, 9.17) is 4.42 Å². The number of carbonyl (C=O) groups is 1. The number of carbonyl (C=O) groups excluding carboxylic acids is 1. The quantitative estimate of drug-likeness (QED) is 0.888. The lowest BCUT2D eigenvalue weighted by molar-refractivity contribution is 0.0663. The summed E-state index contributed by atoms with van der Waals surface area (Å²) in [6, 6.07) is 0.386. The number of piperidine rings is 1. The van der Waals surface area contributed by atoms with Gasteiger partial charge in [0, 0.05) is 26.1 Å². The third kappa shape index (κ3) is 3.03. The molecule has 5 nitrogen and oxygen atoms in total. The Balaban J connectivity index is 0.00000162. The smallest absolute Gasteiger partial charge is 0.291 e. The van der Waals surface area contributed by atoms with Crippen LogP contribution in [0.25, 0.3) is 0 Å². The van der Waals surface area contributed by atoms with Crippen LogP contribution in [0.3, 0.4) is 0 Å². The minimum absolute atomic E-state index is 0. The number of likely N-dealkylation sites (tertiary alicyclic amines) is 1. The van der Waals surface area contributed by atoms with E-state index in [1.807, 2.05) is 18.9 Å². The maximum atomic E-state index is 12.3. The average molecular weight is 274 g/mol. The summed E-state index contributed by atoms with van der Waals surface area (Å²) in [7, 11) is 1.93. The summed E-state index contributed by atoms with van der Waals surface area (Å²) in [5.74, 6) is 0.898. The maximum Gasteiger partial charge on any atom is 0.291 e. The second-order valence-electron chi connectivity index (χ2n) is 4.53. The lowest BCUT2D eigenvalue weighted by atomic mass is 10.1. The first kappa shape index (κ1) is 15.0. The van der Waals surface area contributed by atoms with Crippen molar-refractivity contribution < 1.29 is 9.21 Å². The van der Waals surface area contributed by atoms with Crippen molar-refractivity contribution in [1.29, 1.82) is 0 Å². The van der Waals surface area contributed by atoms with Crippen molar-refractivity contribution in [3.63, 3.8) is 0 Å². The topological polar surface area (TPSA) is 58.4 Å². The summed E-state index contributed by atoms with van der Waals surface area (Å²) < 4.78 is 5.38. The Kier molecular flexibility index (Phi) is 5.16. The van der Waals surface area contributed by atoms with Gasteiger partial charge in [-0.1, -0.05) is 0 Å². The first-order valence-electron chi connectivity index (χ1n) is 6.02. The molecule has 2 heterocycles. The molecule has 1 atom stereocenters. The molecule has 1 fully saturated rings. The largest absolute Gasteiger partial charge is 0.436 e. The molecule has 1 aliphatic heterocycles. The summed E-state index contributed by atoms with van der Waals surface area (Å²) in [5, 5.41) is 3.22. The number of aryl methyl sites for hydroxylation is 2. The maximum absolute atomic E-state index is 12.3. The van der Waals surface area contributed by atoms with E-state index in [0.717, 1.165) is 25.9 Å². The number of hydrogen-bond acceptors (Lipinski definition) is 4. The van der Waals surface area contributed by atoms with Crippen molar-refractivity contribution in [2.45, 2.75) is 32.7 Å². The Morgan fingerprint density at radius 1 is 1.50 bits per heavy atom. The number of nitrogens with zero attached hydrogens (tertiary/aromatic N) is 2. The molecular weight excluding hydrogens is 254 g/mol. The van der Waals surface area contributed by atoms with Gasteiger partial charge in [0.25, 0.3) is 5.91 Å². The molecule has 1 aromatic heterocycles. The zero-order valence-electron chi connectivity index (χ0n) is 11.0. The summed E-state index contributed by atoms with van der Waals surface area (Å²) in [6.07, 6.45) is 2.15. The zero-order chi connectivity index (χ0) is 12.4. The molecule has 0 aromatic carbocycles. The highest BCUT2D eigenvalue weighted by molar-refractivity contribution is 5.92. The number of halogens is 1.